The Labute approximate surface area is 112 Å². The maximum absolute atomic E-state index is 5.84. The molecule has 2 N–H and O–H groups in total. The first kappa shape index (κ1) is 13.4. The average Bonchev–Trinajstić information content (AvgIpc) is 2.94. The molecule has 0 bridgehead atoms. The van der Waals surface area contributed by atoms with Crippen LogP contribution < -0.4 is 5.73 Å². The molecule has 2 heterocycles. The van der Waals surface area contributed by atoms with Gasteiger partial charge >= 0.3 is 0 Å². The largest absolute Gasteiger partial charge is 0.381 e. The van der Waals surface area contributed by atoms with Gasteiger partial charge in [-0.2, -0.15) is 0 Å². The maximum Gasteiger partial charge on any atom is 0.172 e. The molecule has 0 spiro atoms. The van der Waals surface area contributed by atoms with Crippen molar-refractivity contribution in [2.75, 3.05) is 5.73 Å². The first-order valence-electron chi connectivity index (χ1n) is 6.57. The predicted octanol–water partition coefficient (Wildman–Crippen LogP) is 0.819. The van der Waals surface area contributed by atoms with Gasteiger partial charge in [0, 0.05) is 6.54 Å². The number of tetrazole rings is 1. The first-order valence-corrected chi connectivity index (χ1v) is 6.57. The average molecular weight is 264 g/mol. The smallest absolute Gasteiger partial charge is 0.172 e. The highest BCUT2D eigenvalue weighted by Crippen LogP contribution is 2.19. The second-order valence-corrected chi connectivity index (χ2v) is 4.84. The third-order valence-electron chi connectivity index (χ3n) is 2.97. The summed E-state index contributed by atoms with van der Waals surface area (Å²) in [5, 5.41) is 19.8. The van der Waals surface area contributed by atoms with Gasteiger partial charge in [0.1, 0.15) is 6.54 Å². The number of aryl methyl sites for hydroxylation is 1. The van der Waals surface area contributed by atoms with E-state index in [2.05, 4.69) is 46.6 Å². The van der Waals surface area contributed by atoms with Gasteiger partial charge in [-0.3, -0.25) is 0 Å². The quantitative estimate of drug-likeness (QED) is 0.829. The van der Waals surface area contributed by atoms with Crippen LogP contribution in [0.15, 0.2) is 0 Å². The molecular weight excluding hydrogens is 244 g/mol. The number of nitrogens with two attached hydrogens (primary N) is 1. The fourth-order valence-corrected chi connectivity index (χ4v) is 2.00. The molecule has 19 heavy (non-hydrogen) atoms. The van der Waals surface area contributed by atoms with E-state index >= 15 is 0 Å². The summed E-state index contributed by atoms with van der Waals surface area (Å²) in [5.41, 5.74) is 6.76. The van der Waals surface area contributed by atoms with Crippen LogP contribution in [0.25, 0.3) is 0 Å². The minimum absolute atomic E-state index is 0.259. The van der Waals surface area contributed by atoms with Crippen molar-refractivity contribution < 1.29 is 0 Å². The SMILES string of the molecule is CCCCn1nnnc1Cn1nnc(N)c1C(C)C. The zero-order valence-corrected chi connectivity index (χ0v) is 11.6. The van der Waals surface area contributed by atoms with Gasteiger partial charge in [-0.1, -0.05) is 32.4 Å². The topological polar surface area (TPSA) is 100 Å². The molecule has 2 rings (SSSR count). The molecule has 0 saturated carbocycles. The van der Waals surface area contributed by atoms with E-state index in [9.17, 15) is 0 Å². The van der Waals surface area contributed by atoms with Gasteiger partial charge in [0.05, 0.1) is 5.69 Å². The molecule has 0 amide bonds. The lowest BCUT2D eigenvalue weighted by Crippen LogP contribution is -2.14. The predicted molar refractivity (Wildman–Crippen MR) is 70.4 cm³/mol. The van der Waals surface area contributed by atoms with Gasteiger partial charge in [-0.05, 0) is 22.8 Å². The minimum Gasteiger partial charge on any atom is -0.381 e. The molecule has 0 saturated heterocycles. The Hall–Kier alpha value is -1.99. The number of unbranched alkanes of at least 4 members (excludes halogenated alkanes) is 1. The fourth-order valence-electron chi connectivity index (χ4n) is 2.00. The lowest BCUT2D eigenvalue weighted by molar-refractivity contribution is 0.502. The van der Waals surface area contributed by atoms with Crippen molar-refractivity contribution >= 4 is 5.82 Å². The molecule has 0 atom stereocenters. The van der Waals surface area contributed by atoms with Crippen molar-refractivity contribution in [3.63, 3.8) is 0 Å². The molecular formula is C11H20N8. The molecule has 104 valence electrons. The zero-order valence-electron chi connectivity index (χ0n) is 11.6. The molecule has 0 fully saturated rings. The van der Waals surface area contributed by atoms with Crippen LogP contribution in [-0.4, -0.2) is 35.2 Å². The number of nitrogen functional groups attached to an aromatic ring is 1. The number of anilines is 1. The molecule has 0 unspecified atom stereocenters. The van der Waals surface area contributed by atoms with Crippen LogP contribution in [-0.2, 0) is 13.1 Å². The monoisotopic (exact) mass is 264 g/mol. The van der Waals surface area contributed by atoms with Crippen molar-refractivity contribution in [3.8, 4) is 0 Å². The molecule has 0 aromatic carbocycles. The zero-order chi connectivity index (χ0) is 13.8. The van der Waals surface area contributed by atoms with Crippen molar-refractivity contribution in [2.24, 2.45) is 0 Å². The number of rotatable bonds is 6. The van der Waals surface area contributed by atoms with E-state index in [-0.39, 0.29) is 5.92 Å². The van der Waals surface area contributed by atoms with Crippen LogP contribution in [0.1, 0.15) is 51.0 Å². The van der Waals surface area contributed by atoms with Crippen molar-refractivity contribution in [1.82, 2.24) is 35.2 Å². The summed E-state index contributed by atoms with van der Waals surface area (Å²) in [4.78, 5) is 0. The molecule has 8 nitrogen and oxygen atoms in total. The van der Waals surface area contributed by atoms with Gasteiger partial charge in [-0.15, -0.1) is 10.2 Å². The van der Waals surface area contributed by atoms with E-state index < -0.39 is 0 Å². The summed E-state index contributed by atoms with van der Waals surface area (Å²) in [7, 11) is 0. The van der Waals surface area contributed by atoms with Crippen LogP contribution in [0.4, 0.5) is 5.82 Å². The Balaban J connectivity index is 2.19. The summed E-state index contributed by atoms with van der Waals surface area (Å²) < 4.78 is 3.58. The normalized spacial score (nSPS) is 11.4. The third-order valence-corrected chi connectivity index (χ3v) is 2.97. The summed E-state index contributed by atoms with van der Waals surface area (Å²) in [5.74, 6) is 1.51. The number of aromatic nitrogens is 7. The number of nitrogens with zero attached hydrogens (tertiary/aromatic N) is 7. The summed E-state index contributed by atoms with van der Waals surface area (Å²) in [6.07, 6.45) is 2.15. The Morgan fingerprint density at radius 3 is 2.63 bits per heavy atom. The molecule has 0 radical (unpaired) electrons. The molecule has 0 aliphatic heterocycles. The van der Waals surface area contributed by atoms with E-state index in [0.717, 1.165) is 30.9 Å². The fraction of sp³-hybridized carbons (Fsp3) is 0.727. The second kappa shape index (κ2) is 5.77. The number of hydrogen-bond donors (Lipinski definition) is 1. The molecule has 0 aliphatic rings. The maximum atomic E-state index is 5.84. The Kier molecular flexibility index (Phi) is 4.08. The van der Waals surface area contributed by atoms with Crippen molar-refractivity contribution in [1.29, 1.82) is 0 Å². The van der Waals surface area contributed by atoms with Crippen LogP contribution in [0.5, 0.6) is 0 Å². The van der Waals surface area contributed by atoms with E-state index in [1.165, 1.54) is 0 Å². The van der Waals surface area contributed by atoms with Gasteiger partial charge in [0.2, 0.25) is 0 Å². The Morgan fingerprint density at radius 2 is 1.95 bits per heavy atom. The highest BCUT2D eigenvalue weighted by Gasteiger charge is 2.16. The van der Waals surface area contributed by atoms with Crippen molar-refractivity contribution in [2.45, 2.75) is 52.6 Å². The van der Waals surface area contributed by atoms with Crippen LogP contribution in [0.2, 0.25) is 0 Å². The van der Waals surface area contributed by atoms with Gasteiger partial charge in [0.25, 0.3) is 0 Å². The summed E-state index contributed by atoms with van der Waals surface area (Å²) in [6.45, 7) is 7.57. The Morgan fingerprint density at radius 1 is 1.16 bits per heavy atom. The summed E-state index contributed by atoms with van der Waals surface area (Å²) >= 11 is 0. The second-order valence-electron chi connectivity index (χ2n) is 4.84. The van der Waals surface area contributed by atoms with Gasteiger partial charge in [0.15, 0.2) is 11.6 Å². The molecule has 2 aromatic heterocycles. The van der Waals surface area contributed by atoms with Crippen LogP contribution >= 0.6 is 0 Å². The van der Waals surface area contributed by atoms with E-state index in [4.69, 9.17) is 5.73 Å². The first-order chi connectivity index (χ1) is 9.13. The number of hydrogen-bond acceptors (Lipinski definition) is 6. The lowest BCUT2D eigenvalue weighted by Gasteiger charge is -2.09. The van der Waals surface area contributed by atoms with Crippen LogP contribution in [0, 0.1) is 0 Å². The van der Waals surface area contributed by atoms with E-state index in [0.29, 0.717) is 12.4 Å². The van der Waals surface area contributed by atoms with E-state index in [1.807, 2.05) is 4.68 Å². The lowest BCUT2D eigenvalue weighted by atomic mass is 10.1. The highest BCUT2D eigenvalue weighted by molar-refractivity contribution is 5.35. The van der Waals surface area contributed by atoms with Gasteiger partial charge in [-0.25, -0.2) is 9.36 Å². The highest BCUT2D eigenvalue weighted by atomic mass is 15.6. The molecule has 8 heteroatoms. The summed E-state index contributed by atoms with van der Waals surface area (Å²) in [6, 6.07) is 0. The van der Waals surface area contributed by atoms with Gasteiger partial charge < -0.3 is 5.73 Å². The Bertz CT molecular complexity index is 527. The minimum atomic E-state index is 0.259. The van der Waals surface area contributed by atoms with Crippen LogP contribution in [0.3, 0.4) is 0 Å². The van der Waals surface area contributed by atoms with Crippen molar-refractivity contribution in [3.05, 3.63) is 11.5 Å². The molecule has 2 aromatic rings. The van der Waals surface area contributed by atoms with E-state index in [1.54, 1.807) is 4.68 Å². The third kappa shape index (κ3) is 2.88. The standard InChI is InChI=1S/C11H20N8/c1-4-5-6-18-9(13-15-17-18)7-19-10(8(2)3)11(12)14-16-19/h8H,4-7,12H2,1-3H3. The molecule has 0 aliphatic carbocycles.